The summed E-state index contributed by atoms with van der Waals surface area (Å²) in [6.07, 6.45) is -5.25. The Bertz CT molecular complexity index is 571. The van der Waals surface area contributed by atoms with E-state index in [0.29, 0.717) is 0 Å². The zero-order valence-electron chi connectivity index (χ0n) is 11.6. The molecule has 0 aliphatic carbocycles. The van der Waals surface area contributed by atoms with Crippen LogP contribution in [0.5, 0.6) is 0 Å². The second-order valence-corrected chi connectivity index (χ2v) is 5.29. The highest BCUT2D eigenvalue weighted by Crippen LogP contribution is 2.35. The van der Waals surface area contributed by atoms with Crippen molar-refractivity contribution in [3.63, 3.8) is 0 Å². The van der Waals surface area contributed by atoms with E-state index in [2.05, 4.69) is 0 Å². The van der Waals surface area contributed by atoms with Crippen LogP contribution in [0.15, 0.2) is 18.2 Å². The highest BCUT2D eigenvalue weighted by Gasteiger charge is 2.35. The molecular weight excluding hydrogens is 307 g/mol. The van der Waals surface area contributed by atoms with Crippen LogP contribution in [-0.2, 0) is 6.18 Å². The van der Waals surface area contributed by atoms with Crippen LogP contribution >= 0.6 is 0 Å². The predicted molar refractivity (Wildman–Crippen MR) is 71.0 cm³/mol. The molecule has 2 N–H and O–H groups in total. The number of carbonyl (C=O) groups excluding carboxylic acids is 1. The molecular formula is C14H15F5N2O. The van der Waals surface area contributed by atoms with Gasteiger partial charge in [-0.1, -0.05) is 0 Å². The molecule has 3 nitrogen and oxygen atoms in total. The SMILES string of the molecule is NC(=O)c1ccc(C(F)(F)F)cc1N1CCCC(F)(F)CC1. The van der Waals surface area contributed by atoms with Gasteiger partial charge >= 0.3 is 6.18 Å². The first-order chi connectivity index (χ1) is 10.1. The van der Waals surface area contributed by atoms with Crippen LogP contribution in [-0.4, -0.2) is 24.9 Å². The number of benzene rings is 1. The van der Waals surface area contributed by atoms with Gasteiger partial charge in [-0.25, -0.2) is 8.78 Å². The predicted octanol–water partition coefficient (Wildman–Crippen LogP) is 3.43. The summed E-state index contributed by atoms with van der Waals surface area (Å²) < 4.78 is 65.2. The molecule has 1 aliphatic heterocycles. The Morgan fingerprint density at radius 2 is 1.86 bits per heavy atom. The van der Waals surface area contributed by atoms with Gasteiger partial charge in [0, 0.05) is 25.9 Å². The molecule has 22 heavy (non-hydrogen) atoms. The highest BCUT2D eigenvalue weighted by atomic mass is 19.4. The number of rotatable bonds is 2. The summed E-state index contributed by atoms with van der Waals surface area (Å²) in [5, 5.41) is 0. The number of alkyl halides is 5. The smallest absolute Gasteiger partial charge is 0.371 e. The minimum absolute atomic E-state index is 0.0416. The Morgan fingerprint density at radius 1 is 1.18 bits per heavy atom. The van der Waals surface area contributed by atoms with Crippen molar-refractivity contribution in [1.29, 1.82) is 0 Å². The number of primary amides is 1. The molecule has 2 rings (SSSR count). The lowest BCUT2D eigenvalue weighted by Crippen LogP contribution is -2.29. The van der Waals surface area contributed by atoms with E-state index >= 15 is 0 Å². The number of nitrogens with two attached hydrogens (primary N) is 1. The Morgan fingerprint density at radius 3 is 2.45 bits per heavy atom. The van der Waals surface area contributed by atoms with Gasteiger partial charge in [-0.3, -0.25) is 4.79 Å². The van der Waals surface area contributed by atoms with Crippen LogP contribution in [0.2, 0.25) is 0 Å². The van der Waals surface area contributed by atoms with Gasteiger partial charge in [0.25, 0.3) is 5.91 Å². The van der Waals surface area contributed by atoms with Gasteiger partial charge in [-0.15, -0.1) is 0 Å². The first kappa shape index (κ1) is 16.5. The van der Waals surface area contributed by atoms with E-state index in [0.717, 1.165) is 18.2 Å². The van der Waals surface area contributed by atoms with Gasteiger partial charge in [-0.05, 0) is 24.6 Å². The van der Waals surface area contributed by atoms with Gasteiger partial charge in [0.1, 0.15) is 0 Å². The van der Waals surface area contributed by atoms with Crippen molar-refractivity contribution in [2.24, 2.45) is 5.73 Å². The zero-order chi connectivity index (χ0) is 16.5. The van der Waals surface area contributed by atoms with Crippen molar-refractivity contribution >= 4 is 11.6 Å². The van der Waals surface area contributed by atoms with Crippen molar-refractivity contribution in [3.05, 3.63) is 29.3 Å². The molecule has 1 heterocycles. The van der Waals surface area contributed by atoms with Crippen molar-refractivity contribution in [1.82, 2.24) is 0 Å². The van der Waals surface area contributed by atoms with E-state index < -0.39 is 30.0 Å². The third kappa shape index (κ3) is 3.66. The first-order valence-corrected chi connectivity index (χ1v) is 6.74. The van der Waals surface area contributed by atoms with E-state index in [-0.39, 0.29) is 37.2 Å². The van der Waals surface area contributed by atoms with Crippen LogP contribution in [0.4, 0.5) is 27.6 Å². The molecule has 0 aromatic heterocycles. The summed E-state index contributed by atoms with van der Waals surface area (Å²) in [5.74, 6) is -3.73. The number of anilines is 1. The summed E-state index contributed by atoms with van der Waals surface area (Å²) in [5.41, 5.74) is 4.10. The molecule has 1 fully saturated rings. The third-order valence-electron chi connectivity index (χ3n) is 3.65. The van der Waals surface area contributed by atoms with E-state index in [1.54, 1.807) is 0 Å². The average Bonchev–Trinajstić information content (AvgIpc) is 2.58. The molecule has 0 atom stereocenters. The summed E-state index contributed by atoms with van der Waals surface area (Å²) in [7, 11) is 0. The van der Waals surface area contributed by atoms with E-state index in [4.69, 9.17) is 5.73 Å². The number of halogens is 5. The maximum absolute atomic E-state index is 13.4. The van der Waals surface area contributed by atoms with Crippen molar-refractivity contribution in [2.45, 2.75) is 31.4 Å². The summed E-state index contributed by atoms with van der Waals surface area (Å²) in [6, 6.07) is 2.54. The van der Waals surface area contributed by atoms with Crippen molar-refractivity contribution < 1.29 is 26.7 Å². The number of nitrogens with zero attached hydrogens (tertiary/aromatic N) is 1. The normalized spacial score (nSPS) is 18.9. The lowest BCUT2D eigenvalue weighted by atomic mass is 10.1. The average molecular weight is 322 g/mol. The molecule has 1 amide bonds. The Hall–Kier alpha value is -1.86. The fourth-order valence-electron chi connectivity index (χ4n) is 2.48. The largest absolute Gasteiger partial charge is 0.416 e. The molecule has 1 aliphatic rings. The fourth-order valence-corrected chi connectivity index (χ4v) is 2.48. The van der Waals surface area contributed by atoms with E-state index in [1.807, 2.05) is 0 Å². The topological polar surface area (TPSA) is 46.3 Å². The Kier molecular flexibility index (Phi) is 4.30. The molecule has 0 spiro atoms. The number of carbonyl (C=O) groups is 1. The van der Waals surface area contributed by atoms with Crippen LogP contribution < -0.4 is 10.6 Å². The Labute approximate surface area is 123 Å². The summed E-state index contributed by atoms with van der Waals surface area (Å²) >= 11 is 0. The monoisotopic (exact) mass is 322 g/mol. The number of hydrogen-bond acceptors (Lipinski definition) is 2. The van der Waals surface area contributed by atoms with Gasteiger partial charge in [0.2, 0.25) is 5.92 Å². The molecule has 0 bridgehead atoms. The maximum atomic E-state index is 13.4. The van der Waals surface area contributed by atoms with Crippen LogP contribution in [0, 0.1) is 0 Å². The molecule has 8 heteroatoms. The van der Waals surface area contributed by atoms with Crippen LogP contribution in [0.3, 0.4) is 0 Å². The minimum atomic E-state index is -4.58. The Balaban J connectivity index is 2.40. The second-order valence-electron chi connectivity index (χ2n) is 5.29. The first-order valence-electron chi connectivity index (χ1n) is 6.74. The molecule has 0 saturated carbocycles. The molecule has 122 valence electrons. The van der Waals surface area contributed by atoms with Crippen LogP contribution in [0.25, 0.3) is 0 Å². The maximum Gasteiger partial charge on any atom is 0.416 e. The van der Waals surface area contributed by atoms with Crippen molar-refractivity contribution in [2.75, 3.05) is 18.0 Å². The summed E-state index contributed by atoms with van der Waals surface area (Å²) in [6.45, 7) is 0.0196. The minimum Gasteiger partial charge on any atom is -0.371 e. The van der Waals surface area contributed by atoms with E-state index in [9.17, 15) is 26.7 Å². The summed E-state index contributed by atoms with van der Waals surface area (Å²) in [4.78, 5) is 12.8. The van der Waals surface area contributed by atoms with Gasteiger partial charge in [0.15, 0.2) is 0 Å². The molecule has 1 aromatic rings. The lowest BCUT2D eigenvalue weighted by molar-refractivity contribution is -0.137. The quantitative estimate of drug-likeness (QED) is 0.848. The van der Waals surface area contributed by atoms with E-state index in [1.165, 1.54) is 4.90 Å². The zero-order valence-corrected chi connectivity index (χ0v) is 11.6. The molecule has 1 aromatic carbocycles. The van der Waals surface area contributed by atoms with Gasteiger partial charge in [0.05, 0.1) is 16.8 Å². The number of hydrogen-bond donors (Lipinski definition) is 1. The van der Waals surface area contributed by atoms with Crippen LogP contribution in [0.1, 0.15) is 35.2 Å². The highest BCUT2D eigenvalue weighted by molar-refractivity contribution is 5.98. The molecule has 0 unspecified atom stereocenters. The van der Waals surface area contributed by atoms with Gasteiger partial charge < -0.3 is 10.6 Å². The molecule has 0 radical (unpaired) electrons. The lowest BCUT2D eigenvalue weighted by Gasteiger charge is -2.25. The van der Waals surface area contributed by atoms with Crippen molar-refractivity contribution in [3.8, 4) is 0 Å². The standard InChI is InChI=1S/C14H15F5N2O/c15-13(16)4-1-6-21(7-5-13)11-8-9(14(17,18)19)2-3-10(11)12(20)22/h2-3,8H,1,4-7H2,(H2,20,22). The fraction of sp³-hybridized carbons (Fsp3) is 0.500. The van der Waals surface area contributed by atoms with Gasteiger partial charge in [-0.2, -0.15) is 13.2 Å². The number of amides is 1. The molecule has 1 saturated heterocycles. The second kappa shape index (κ2) is 5.73. The third-order valence-corrected chi connectivity index (χ3v) is 3.65.